The zero-order valence-corrected chi connectivity index (χ0v) is 12.2. The molecule has 4 atom stereocenters. The van der Waals surface area contributed by atoms with Gasteiger partial charge in [0.15, 0.2) is 0 Å². The third-order valence-electron chi connectivity index (χ3n) is 3.49. The van der Waals surface area contributed by atoms with Crippen LogP contribution in [0.25, 0.3) is 0 Å². The highest BCUT2D eigenvalue weighted by Crippen LogP contribution is 2.31. The summed E-state index contributed by atoms with van der Waals surface area (Å²) in [5, 5.41) is 0.0884. The molecule has 4 unspecified atom stereocenters. The van der Waals surface area contributed by atoms with E-state index >= 15 is 0 Å². The second-order valence-corrected chi connectivity index (χ2v) is 9.20. The molecule has 17 heavy (non-hydrogen) atoms. The van der Waals surface area contributed by atoms with E-state index in [0.29, 0.717) is 18.4 Å². The van der Waals surface area contributed by atoms with Crippen molar-refractivity contribution in [3.8, 4) is 0 Å². The van der Waals surface area contributed by atoms with Gasteiger partial charge in [0, 0.05) is 28.1 Å². The van der Waals surface area contributed by atoms with Gasteiger partial charge in [-0.15, -0.1) is 0 Å². The molecule has 0 saturated heterocycles. The van der Waals surface area contributed by atoms with Gasteiger partial charge in [-0.25, -0.2) is 8.42 Å². The van der Waals surface area contributed by atoms with Crippen molar-refractivity contribution in [3.05, 3.63) is 0 Å². The Bertz CT molecular complexity index is 367. The Morgan fingerprint density at radius 2 is 2.00 bits per heavy atom. The molecular weight excluding hydrogens is 258 g/mol. The van der Waals surface area contributed by atoms with Crippen molar-refractivity contribution < 1.29 is 12.6 Å². The van der Waals surface area contributed by atoms with E-state index in [1.54, 1.807) is 0 Å². The lowest BCUT2D eigenvalue weighted by atomic mass is 9.82. The first-order valence-corrected chi connectivity index (χ1v) is 9.52. The van der Waals surface area contributed by atoms with Crippen LogP contribution in [0.1, 0.15) is 26.2 Å². The Hall–Kier alpha value is 0.0600. The van der Waals surface area contributed by atoms with Crippen LogP contribution in [-0.2, 0) is 20.6 Å². The van der Waals surface area contributed by atoms with Crippen molar-refractivity contribution in [1.29, 1.82) is 0 Å². The summed E-state index contributed by atoms with van der Waals surface area (Å²) in [4.78, 5) is 0. The molecule has 1 aliphatic rings. The topological polar surface area (TPSA) is 77.2 Å². The normalized spacial score (nSPS) is 32.3. The number of sulfone groups is 1. The van der Waals surface area contributed by atoms with Gasteiger partial charge in [-0.3, -0.25) is 4.21 Å². The minimum absolute atomic E-state index is 0.0157. The molecule has 0 aromatic carbocycles. The Morgan fingerprint density at radius 3 is 2.53 bits per heavy atom. The molecule has 0 aromatic heterocycles. The van der Waals surface area contributed by atoms with E-state index in [4.69, 9.17) is 5.73 Å². The van der Waals surface area contributed by atoms with Crippen molar-refractivity contribution in [1.82, 2.24) is 0 Å². The van der Waals surface area contributed by atoms with E-state index in [2.05, 4.69) is 6.92 Å². The van der Waals surface area contributed by atoms with Crippen LogP contribution in [0.15, 0.2) is 0 Å². The van der Waals surface area contributed by atoms with Gasteiger partial charge in [0.2, 0.25) is 0 Å². The predicted octanol–water partition coefficient (Wildman–Crippen LogP) is 0.543. The van der Waals surface area contributed by atoms with Crippen LogP contribution >= 0.6 is 0 Å². The maximum absolute atomic E-state index is 12.2. The van der Waals surface area contributed by atoms with Crippen molar-refractivity contribution in [2.45, 2.75) is 31.4 Å². The van der Waals surface area contributed by atoms with Gasteiger partial charge in [-0.2, -0.15) is 0 Å². The molecule has 1 fully saturated rings. The van der Waals surface area contributed by atoms with Crippen molar-refractivity contribution in [3.63, 3.8) is 0 Å². The number of rotatable bonds is 5. The molecule has 0 aromatic rings. The Labute approximate surface area is 107 Å². The number of nitrogens with two attached hydrogens (primary N) is 1. The molecule has 0 radical (unpaired) electrons. The minimum atomic E-state index is -3.02. The first-order chi connectivity index (χ1) is 7.83. The van der Waals surface area contributed by atoms with Gasteiger partial charge < -0.3 is 5.73 Å². The molecule has 2 N–H and O–H groups in total. The lowest BCUT2D eigenvalue weighted by Crippen LogP contribution is -2.38. The molecule has 1 saturated carbocycles. The monoisotopic (exact) mass is 281 g/mol. The zero-order valence-electron chi connectivity index (χ0n) is 10.6. The van der Waals surface area contributed by atoms with Crippen molar-refractivity contribution in [2.75, 3.05) is 24.3 Å². The summed E-state index contributed by atoms with van der Waals surface area (Å²) in [6.07, 6.45) is 4.26. The van der Waals surface area contributed by atoms with Gasteiger partial charge in [-0.1, -0.05) is 13.3 Å². The molecule has 4 nitrogen and oxygen atoms in total. The van der Waals surface area contributed by atoms with Gasteiger partial charge in [0.25, 0.3) is 0 Å². The molecular formula is C11H23NO3S2. The molecule has 0 aliphatic heterocycles. The van der Waals surface area contributed by atoms with Crippen LogP contribution in [0.4, 0.5) is 0 Å². The third kappa shape index (κ3) is 5.06. The van der Waals surface area contributed by atoms with E-state index < -0.39 is 20.6 Å². The lowest BCUT2D eigenvalue weighted by Gasteiger charge is -2.33. The van der Waals surface area contributed by atoms with Gasteiger partial charge in [0.1, 0.15) is 9.84 Å². The molecule has 0 heterocycles. The van der Waals surface area contributed by atoms with Crippen LogP contribution in [0.2, 0.25) is 0 Å². The van der Waals surface area contributed by atoms with Crippen LogP contribution in [0.5, 0.6) is 0 Å². The third-order valence-corrected chi connectivity index (χ3v) is 6.55. The molecule has 6 heteroatoms. The molecule has 1 rings (SSSR count). The summed E-state index contributed by atoms with van der Waals surface area (Å²) in [7, 11) is -4.08. The average Bonchev–Trinajstić information content (AvgIpc) is 2.25. The number of hydrogen-bond acceptors (Lipinski definition) is 4. The van der Waals surface area contributed by atoms with Crippen LogP contribution in [0, 0.1) is 11.8 Å². The van der Waals surface area contributed by atoms with E-state index in [1.807, 2.05) is 0 Å². The van der Waals surface area contributed by atoms with E-state index in [0.717, 1.165) is 19.3 Å². The summed E-state index contributed by atoms with van der Waals surface area (Å²) >= 11 is 0. The van der Waals surface area contributed by atoms with Crippen molar-refractivity contribution in [2.24, 2.45) is 17.6 Å². The highest BCUT2D eigenvalue weighted by atomic mass is 32.2. The zero-order chi connectivity index (χ0) is 13.1. The predicted molar refractivity (Wildman–Crippen MR) is 72.1 cm³/mol. The summed E-state index contributed by atoms with van der Waals surface area (Å²) in [6, 6.07) is 0. The maximum Gasteiger partial charge on any atom is 0.148 e. The lowest BCUT2D eigenvalue weighted by molar-refractivity contribution is 0.302. The second-order valence-electron chi connectivity index (χ2n) is 5.17. The fourth-order valence-corrected chi connectivity index (χ4v) is 5.76. The Kier molecular flexibility index (Phi) is 5.60. The van der Waals surface area contributed by atoms with E-state index in [1.165, 1.54) is 6.26 Å². The maximum atomic E-state index is 12.2. The van der Waals surface area contributed by atoms with Crippen LogP contribution in [-0.4, -0.2) is 42.2 Å². The van der Waals surface area contributed by atoms with Gasteiger partial charge in [0.05, 0.1) is 5.75 Å². The molecule has 1 aliphatic carbocycles. The molecule has 102 valence electrons. The summed E-state index contributed by atoms with van der Waals surface area (Å²) < 4.78 is 34.3. The second kappa shape index (κ2) is 6.29. The fraction of sp³-hybridized carbons (Fsp3) is 1.00. The Morgan fingerprint density at radius 1 is 1.35 bits per heavy atom. The fourth-order valence-electron chi connectivity index (χ4n) is 2.37. The first-order valence-electron chi connectivity index (χ1n) is 6.08. The average molecular weight is 281 g/mol. The first kappa shape index (κ1) is 15.1. The minimum Gasteiger partial charge on any atom is -0.330 e. The largest absolute Gasteiger partial charge is 0.330 e. The highest BCUT2D eigenvalue weighted by molar-refractivity contribution is 7.92. The van der Waals surface area contributed by atoms with Crippen LogP contribution < -0.4 is 5.73 Å². The standard InChI is InChI=1S/C11H23NO3S2/c1-9-3-4-10(8-12)11(7-9)16(13)5-6-17(2,14)15/h9-11H,3-8,12H2,1-2H3. The SMILES string of the molecule is CC1CCC(CN)C(S(=O)CCS(C)(=O)=O)C1. The number of hydrogen-bond donors (Lipinski definition) is 1. The summed E-state index contributed by atoms with van der Waals surface area (Å²) in [5.74, 6) is 1.14. The van der Waals surface area contributed by atoms with Crippen molar-refractivity contribution >= 4 is 20.6 Å². The summed E-state index contributed by atoms with van der Waals surface area (Å²) in [5.41, 5.74) is 5.71. The van der Waals surface area contributed by atoms with E-state index in [-0.39, 0.29) is 16.8 Å². The van der Waals surface area contributed by atoms with Crippen LogP contribution in [0.3, 0.4) is 0 Å². The summed E-state index contributed by atoms with van der Waals surface area (Å²) in [6.45, 7) is 2.72. The van der Waals surface area contributed by atoms with E-state index in [9.17, 15) is 12.6 Å². The Balaban J connectivity index is 2.58. The quantitative estimate of drug-likeness (QED) is 0.798. The highest BCUT2D eigenvalue weighted by Gasteiger charge is 2.32. The van der Waals surface area contributed by atoms with Gasteiger partial charge in [-0.05, 0) is 31.2 Å². The smallest absolute Gasteiger partial charge is 0.148 e. The molecule has 0 bridgehead atoms. The molecule has 0 amide bonds. The molecule has 0 spiro atoms. The van der Waals surface area contributed by atoms with Gasteiger partial charge >= 0.3 is 0 Å².